The van der Waals surface area contributed by atoms with E-state index in [0.29, 0.717) is 13.1 Å². The molecule has 1 aromatic carbocycles. The fraction of sp³-hybridized carbons (Fsp3) is 0.500. The van der Waals surface area contributed by atoms with Gasteiger partial charge in [0.2, 0.25) is 0 Å². The third-order valence-corrected chi connectivity index (χ3v) is 3.88. The number of nitrogens with zero attached hydrogens (tertiary/aromatic N) is 1. The lowest BCUT2D eigenvalue weighted by Gasteiger charge is -2.40. The smallest absolute Gasteiger partial charge is 0.328 e. The van der Waals surface area contributed by atoms with E-state index in [-0.39, 0.29) is 5.56 Å². The predicted octanol–water partition coefficient (Wildman–Crippen LogP) is 2.75. The van der Waals surface area contributed by atoms with E-state index in [4.69, 9.17) is 0 Å². The predicted molar refractivity (Wildman–Crippen MR) is 66.8 cm³/mol. The van der Waals surface area contributed by atoms with Gasteiger partial charge in [0.05, 0.1) is 0 Å². The minimum Gasteiger partial charge on any atom is -0.480 e. The summed E-state index contributed by atoms with van der Waals surface area (Å²) in [6.45, 7) is 2.61. The molecule has 0 amide bonds. The van der Waals surface area contributed by atoms with Crippen LogP contribution >= 0.6 is 0 Å². The first kappa shape index (κ1) is 13.9. The van der Waals surface area contributed by atoms with Gasteiger partial charge in [0.25, 0.3) is 0 Å². The van der Waals surface area contributed by atoms with Gasteiger partial charge in [-0.3, -0.25) is 4.90 Å². The van der Waals surface area contributed by atoms with E-state index in [1.807, 2.05) is 0 Å². The number of likely N-dealkylation sites (tertiary alicyclic amines) is 1. The molecule has 1 saturated heterocycles. The molecule has 0 radical (unpaired) electrons. The number of benzene rings is 1. The lowest BCUT2D eigenvalue weighted by Crippen LogP contribution is -2.52. The molecular formula is C14H17F2NO2. The van der Waals surface area contributed by atoms with Gasteiger partial charge in [-0.25, -0.2) is 13.6 Å². The van der Waals surface area contributed by atoms with Crippen LogP contribution in [0, 0.1) is 11.6 Å². The molecular weight excluding hydrogens is 252 g/mol. The number of carboxylic acids is 1. The monoisotopic (exact) mass is 269 g/mol. The number of halogens is 2. The first-order chi connectivity index (χ1) is 8.98. The lowest BCUT2D eigenvalue weighted by molar-refractivity contribution is -0.152. The first-order valence-electron chi connectivity index (χ1n) is 6.41. The molecule has 0 aromatic heterocycles. The quantitative estimate of drug-likeness (QED) is 0.917. The van der Waals surface area contributed by atoms with Gasteiger partial charge in [-0.2, -0.15) is 0 Å². The second kappa shape index (κ2) is 5.25. The summed E-state index contributed by atoms with van der Waals surface area (Å²) in [7, 11) is 0. The van der Waals surface area contributed by atoms with Gasteiger partial charge in [0.1, 0.15) is 5.54 Å². The summed E-state index contributed by atoms with van der Waals surface area (Å²) in [4.78, 5) is 13.4. The fourth-order valence-electron chi connectivity index (χ4n) is 2.64. The Hall–Kier alpha value is -1.49. The fourth-order valence-corrected chi connectivity index (χ4v) is 2.64. The Morgan fingerprint density at radius 3 is 2.47 bits per heavy atom. The van der Waals surface area contributed by atoms with Gasteiger partial charge in [-0.05, 0) is 38.9 Å². The van der Waals surface area contributed by atoms with Crippen molar-refractivity contribution in [2.45, 2.75) is 31.7 Å². The van der Waals surface area contributed by atoms with Crippen LogP contribution in [0.25, 0.3) is 0 Å². The molecule has 1 aliphatic rings. The highest BCUT2D eigenvalue weighted by atomic mass is 19.2. The van der Waals surface area contributed by atoms with Gasteiger partial charge in [-0.1, -0.05) is 18.6 Å². The summed E-state index contributed by atoms with van der Waals surface area (Å²) in [5.41, 5.74) is -1.63. The van der Waals surface area contributed by atoms with Crippen molar-refractivity contribution in [1.29, 1.82) is 0 Å². The van der Waals surface area contributed by atoms with Crippen LogP contribution in [0.1, 0.15) is 31.7 Å². The van der Waals surface area contributed by atoms with Crippen LogP contribution in [0.2, 0.25) is 0 Å². The normalized spacial score (nSPS) is 19.9. The maximum Gasteiger partial charge on any atom is 0.328 e. The minimum atomic E-state index is -1.52. The van der Waals surface area contributed by atoms with Gasteiger partial charge in [0, 0.05) is 5.56 Å². The van der Waals surface area contributed by atoms with Crippen molar-refractivity contribution in [3.63, 3.8) is 0 Å². The topological polar surface area (TPSA) is 40.5 Å². The molecule has 19 heavy (non-hydrogen) atoms. The SMILES string of the molecule is CC(C(=O)O)(c1cccc(F)c1F)N1CCCCC1. The van der Waals surface area contributed by atoms with E-state index in [0.717, 1.165) is 25.3 Å². The van der Waals surface area contributed by atoms with Crippen molar-refractivity contribution >= 4 is 5.97 Å². The van der Waals surface area contributed by atoms with E-state index >= 15 is 0 Å². The van der Waals surface area contributed by atoms with Crippen LogP contribution in [-0.4, -0.2) is 29.1 Å². The molecule has 1 aromatic rings. The molecule has 1 N–H and O–H groups in total. The third-order valence-electron chi connectivity index (χ3n) is 3.88. The molecule has 0 saturated carbocycles. The van der Waals surface area contributed by atoms with Crippen LogP contribution in [-0.2, 0) is 10.3 Å². The standard InChI is InChI=1S/C14H17F2NO2/c1-14(13(18)19,17-8-3-2-4-9-17)10-6-5-7-11(15)12(10)16/h5-7H,2-4,8-9H2,1H3,(H,18,19). The van der Waals surface area contributed by atoms with E-state index in [1.54, 1.807) is 4.90 Å². The molecule has 104 valence electrons. The second-order valence-corrected chi connectivity index (χ2v) is 5.03. The molecule has 1 unspecified atom stereocenters. The van der Waals surface area contributed by atoms with Crippen LogP contribution in [0.5, 0.6) is 0 Å². The lowest BCUT2D eigenvalue weighted by atomic mass is 9.87. The van der Waals surface area contributed by atoms with Crippen molar-refractivity contribution in [2.75, 3.05) is 13.1 Å². The number of rotatable bonds is 3. The Morgan fingerprint density at radius 1 is 1.26 bits per heavy atom. The first-order valence-corrected chi connectivity index (χ1v) is 6.41. The summed E-state index contributed by atoms with van der Waals surface area (Å²) < 4.78 is 27.3. The van der Waals surface area contributed by atoms with Crippen LogP contribution in [0.3, 0.4) is 0 Å². The van der Waals surface area contributed by atoms with E-state index < -0.39 is 23.1 Å². The van der Waals surface area contributed by atoms with E-state index in [1.165, 1.54) is 19.1 Å². The van der Waals surface area contributed by atoms with Crippen LogP contribution in [0.4, 0.5) is 8.78 Å². The zero-order valence-electron chi connectivity index (χ0n) is 10.8. The molecule has 0 bridgehead atoms. The van der Waals surface area contributed by atoms with Crippen molar-refractivity contribution in [3.05, 3.63) is 35.4 Å². The van der Waals surface area contributed by atoms with Gasteiger partial charge < -0.3 is 5.11 Å². The van der Waals surface area contributed by atoms with Crippen molar-refractivity contribution in [1.82, 2.24) is 4.90 Å². The zero-order chi connectivity index (χ0) is 14.0. The summed E-state index contributed by atoms with van der Waals surface area (Å²) in [5.74, 6) is -3.24. The van der Waals surface area contributed by atoms with Crippen LogP contribution < -0.4 is 0 Å². The molecule has 0 aliphatic carbocycles. The summed E-state index contributed by atoms with van der Waals surface area (Å²) in [5, 5.41) is 9.52. The Labute approximate surface area is 110 Å². The number of aliphatic carboxylic acids is 1. The van der Waals surface area contributed by atoms with Crippen molar-refractivity contribution < 1.29 is 18.7 Å². The zero-order valence-corrected chi connectivity index (χ0v) is 10.8. The Bertz CT molecular complexity index is 486. The highest BCUT2D eigenvalue weighted by molar-refractivity contribution is 5.80. The number of carboxylic acid groups (broad SMARTS) is 1. The highest BCUT2D eigenvalue weighted by Crippen LogP contribution is 2.33. The average molecular weight is 269 g/mol. The summed E-state index contributed by atoms with van der Waals surface area (Å²) >= 11 is 0. The molecule has 1 atom stereocenters. The maximum atomic E-state index is 13.9. The minimum absolute atomic E-state index is 0.109. The van der Waals surface area contributed by atoms with Gasteiger partial charge in [0.15, 0.2) is 11.6 Å². The number of piperidine rings is 1. The average Bonchev–Trinajstić information content (AvgIpc) is 2.42. The van der Waals surface area contributed by atoms with Gasteiger partial charge >= 0.3 is 5.97 Å². The molecule has 0 spiro atoms. The van der Waals surface area contributed by atoms with Gasteiger partial charge in [-0.15, -0.1) is 0 Å². The molecule has 5 heteroatoms. The van der Waals surface area contributed by atoms with E-state index in [2.05, 4.69) is 0 Å². The maximum absolute atomic E-state index is 13.9. The summed E-state index contributed by atoms with van der Waals surface area (Å²) in [6, 6.07) is 3.69. The largest absolute Gasteiger partial charge is 0.480 e. The molecule has 2 rings (SSSR count). The Kier molecular flexibility index (Phi) is 3.85. The Morgan fingerprint density at radius 2 is 1.89 bits per heavy atom. The van der Waals surface area contributed by atoms with Crippen molar-refractivity contribution in [2.24, 2.45) is 0 Å². The number of hydrogen-bond acceptors (Lipinski definition) is 2. The second-order valence-electron chi connectivity index (χ2n) is 5.03. The van der Waals surface area contributed by atoms with E-state index in [9.17, 15) is 18.7 Å². The van der Waals surface area contributed by atoms with Crippen molar-refractivity contribution in [3.8, 4) is 0 Å². The number of hydrogen-bond donors (Lipinski definition) is 1. The molecule has 1 fully saturated rings. The Balaban J connectivity index is 2.49. The number of carbonyl (C=O) groups is 1. The third kappa shape index (κ3) is 2.34. The summed E-state index contributed by atoms with van der Waals surface area (Å²) in [6.07, 6.45) is 2.79. The molecule has 1 heterocycles. The molecule has 1 aliphatic heterocycles. The van der Waals surface area contributed by atoms with Crippen LogP contribution in [0.15, 0.2) is 18.2 Å². The molecule has 3 nitrogen and oxygen atoms in total. The highest BCUT2D eigenvalue weighted by Gasteiger charge is 2.44.